The van der Waals surface area contributed by atoms with Gasteiger partial charge in [-0.3, -0.25) is 0 Å². The number of pyridine rings is 1. The first-order valence-electron chi connectivity index (χ1n) is 19.1. The van der Waals surface area contributed by atoms with E-state index in [9.17, 15) is 0 Å². The number of rotatable bonds is 4. The Hall–Kier alpha value is -7.09. The molecule has 0 radical (unpaired) electrons. The van der Waals surface area contributed by atoms with Crippen LogP contribution < -0.4 is 0 Å². The van der Waals surface area contributed by atoms with E-state index in [2.05, 4.69) is 189 Å². The van der Waals surface area contributed by atoms with Crippen LogP contribution in [0.3, 0.4) is 0 Å². The third-order valence-corrected chi connectivity index (χ3v) is 12.0. The van der Waals surface area contributed by atoms with Gasteiger partial charge in [-0.05, 0) is 125 Å². The van der Waals surface area contributed by atoms with Gasteiger partial charge in [-0.1, -0.05) is 169 Å². The van der Waals surface area contributed by atoms with Crippen LogP contribution >= 0.6 is 0 Å². The van der Waals surface area contributed by atoms with Gasteiger partial charge >= 0.3 is 0 Å². The zero-order chi connectivity index (χ0) is 36.2. The van der Waals surface area contributed by atoms with Crippen LogP contribution in [0.25, 0.3) is 122 Å². The zero-order valence-corrected chi connectivity index (χ0v) is 30.3. The van der Waals surface area contributed by atoms with Crippen LogP contribution in [0.2, 0.25) is 0 Å². The number of hydrogen-bond acceptors (Lipinski definition) is 1. The van der Waals surface area contributed by atoms with Crippen LogP contribution in [0.5, 0.6) is 0 Å². The Bertz CT molecular complexity index is 3140. The van der Waals surface area contributed by atoms with Crippen molar-refractivity contribution in [3.63, 3.8) is 0 Å². The predicted molar refractivity (Wildman–Crippen MR) is 232 cm³/mol. The highest BCUT2D eigenvalue weighted by Gasteiger charge is 2.32. The second-order valence-electron chi connectivity index (χ2n) is 15.0. The molecule has 1 heteroatoms. The summed E-state index contributed by atoms with van der Waals surface area (Å²) in [5.41, 5.74) is 22.3. The van der Waals surface area contributed by atoms with Gasteiger partial charge in [-0.15, -0.1) is 0 Å². The molecule has 0 unspecified atom stereocenters. The molecule has 0 spiro atoms. The minimum Gasteiger partial charge on any atom is -0.248 e. The van der Waals surface area contributed by atoms with Crippen LogP contribution in [0, 0.1) is 6.92 Å². The van der Waals surface area contributed by atoms with E-state index in [0.29, 0.717) is 0 Å². The number of hydrogen-bond donors (Lipinski definition) is 0. The van der Waals surface area contributed by atoms with E-state index in [1.54, 1.807) is 0 Å². The SMILES string of the molecule is Cc1ccc(-c2ccc3c(c2)-c2cc(-c4ccc5c6c(cccc46)-c4c-5c(-c5ccccc5)c5ccccc5c4-c4ccccc4)nc4cccc-3c24)cc1. The predicted octanol–water partition coefficient (Wildman–Crippen LogP) is 14.8. The fraction of sp³-hybridized carbons (Fsp3) is 0.0185. The molecule has 1 aromatic heterocycles. The highest BCUT2D eigenvalue weighted by molar-refractivity contribution is 6.29. The third-order valence-electron chi connectivity index (χ3n) is 12.0. The number of aromatic nitrogens is 1. The maximum absolute atomic E-state index is 5.43. The van der Waals surface area contributed by atoms with Gasteiger partial charge < -0.3 is 0 Å². The Morgan fingerprint density at radius 2 is 0.873 bits per heavy atom. The lowest BCUT2D eigenvalue weighted by Gasteiger charge is -2.20. The lowest BCUT2D eigenvalue weighted by molar-refractivity contribution is 1.41. The molecule has 0 atom stereocenters. The van der Waals surface area contributed by atoms with Crippen molar-refractivity contribution in [2.24, 2.45) is 0 Å². The van der Waals surface area contributed by atoms with Gasteiger partial charge in [0.2, 0.25) is 0 Å². The molecule has 9 aromatic carbocycles. The van der Waals surface area contributed by atoms with Gasteiger partial charge in [-0.25, -0.2) is 4.98 Å². The van der Waals surface area contributed by atoms with E-state index in [-0.39, 0.29) is 0 Å². The molecule has 0 amide bonds. The van der Waals surface area contributed by atoms with E-state index < -0.39 is 0 Å². The minimum absolute atomic E-state index is 1.00. The molecule has 0 saturated carbocycles. The summed E-state index contributed by atoms with van der Waals surface area (Å²) < 4.78 is 0. The van der Waals surface area contributed by atoms with Gasteiger partial charge in [0.1, 0.15) is 0 Å². The zero-order valence-electron chi connectivity index (χ0n) is 30.3. The molecular formula is C54H33N. The number of benzene rings is 9. The normalized spacial score (nSPS) is 12.1. The van der Waals surface area contributed by atoms with Gasteiger partial charge in [0.15, 0.2) is 0 Å². The average Bonchev–Trinajstić information content (AvgIpc) is 3.74. The summed E-state index contributed by atoms with van der Waals surface area (Å²) in [5.74, 6) is 0. The minimum atomic E-state index is 1.00. The molecule has 10 aromatic rings. The molecule has 1 nitrogen and oxygen atoms in total. The summed E-state index contributed by atoms with van der Waals surface area (Å²) in [6.07, 6.45) is 0. The molecule has 0 aliphatic heterocycles. The monoisotopic (exact) mass is 695 g/mol. The van der Waals surface area contributed by atoms with Crippen LogP contribution in [0.1, 0.15) is 5.56 Å². The van der Waals surface area contributed by atoms with Crippen molar-refractivity contribution in [2.75, 3.05) is 0 Å². The summed E-state index contributed by atoms with van der Waals surface area (Å²) in [6.45, 7) is 2.14. The van der Waals surface area contributed by atoms with Crippen molar-refractivity contribution in [1.29, 1.82) is 0 Å². The van der Waals surface area contributed by atoms with Gasteiger partial charge in [0.25, 0.3) is 0 Å². The maximum Gasteiger partial charge on any atom is 0.0722 e. The smallest absolute Gasteiger partial charge is 0.0722 e. The van der Waals surface area contributed by atoms with Crippen LogP contribution in [0.4, 0.5) is 0 Å². The Kier molecular flexibility index (Phi) is 6.33. The standard InChI is InChI=1S/C54H33N/c1-32-22-24-33(25-23-32)36-26-27-37-39-19-11-21-47-52(39)46(45(37)30-36)31-48(55-47)38-28-29-44-51-40(38)18-10-20-43(51)53-49(34-12-4-2-5-13-34)41-16-8-9-17-42(41)50(54(44)53)35-14-6-3-7-15-35/h2-31H,1H3. The molecule has 12 rings (SSSR count). The van der Waals surface area contributed by atoms with Crippen molar-refractivity contribution < 1.29 is 0 Å². The third kappa shape index (κ3) is 4.32. The summed E-state index contributed by atoms with van der Waals surface area (Å²) >= 11 is 0. The second kappa shape index (κ2) is 11.5. The van der Waals surface area contributed by atoms with E-state index in [1.807, 2.05) is 0 Å². The Balaban J connectivity index is 1.13. The first kappa shape index (κ1) is 30.4. The summed E-state index contributed by atoms with van der Waals surface area (Å²) in [6, 6.07) is 67.2. The van der Waals surface area contributed by atoms with E-state index in [0.717, 1.165) is 16.8 Å². The summed E-state index contributed by atoms with van der Waals surface area (Å²) in [4.78, 5) is 5.43. The Labute approximate surface area is 319 Å². The van der Waals surface area contributed by atoms with Gasteiger partial charge in [-0.2, -0.15) is 0 Å². The topological polar surface area (TPSA) is 12.9 Å². The van der Waals surface area contributed by atoms with E-state index >= 15 is 0 Å². The fourth-order valence-electron chi connectivity index (χ4n) is 9.62. The number of fused-ring (bicyclic) bond motifs is 7. The van der Waals surface area contributed by atoms with E-state index in [4.69, 9.17) is 4.98 Å². The Morgan fingerprint density at radius 1 is 0.309 bits per heavy atom. The highest BCUT2D eigenvalue weighted by atomic mass is 14.7. The lowest BCUT2D eigenvalue weighted by atomic mass is 9.82. The average molecular weight is 696 g/mol. The van der Waals surface area contributed by atoms with Crippen LogP contribution in [0.15, 0.2) is 182 Å². The molecular weight excluding hydrogens is 663 g/mol. The molecule has 2 aliphatic carbocycles. The molecule has 0 bridgehead atoms. The van der Waals surface area contributed by atoms with Crippen LogP contribution in [-0.2, 0) is 0 Å². The Morgan fingerprint density at radius 3 is 1.58 bits per heavy atom. The number of aryl methyl sites for hydroxylation is 1. The second-order valence-corrected chi connectivity index (χ2v) is 15.0. The van der Waals surface area contributed by atoms with Crippen molar-refractivity contribution in [3.8, 4) is 89.1 Å². The molecule has 0 saturated heterocycles. The summed E-state index contributed by atoms with van der Waals surface area (Å²) in [7, 11) is 0. The molecule has 55 heavy (non-hydrogen) atoms. The molecule has 0 N–H and O–H groups in total. The first-order chi connectivity index (χ1) is 27.2. The van der Waals surface area contributed by atoms with Crippen molar-refractivity contribution in [1.82, 2.24) is 4.98 Å². The van der Waals surface area contributed by atoms with E-state index in [1.165, 1.54) is 110 Å². The van der Waals surface area contributed by atoms with Gasteiger partial charge in [0, 0.05) is 10.9 Å². The first-order valence-corrected chi connectivity index (χ1v) is 19.1. The summed E-state index contributed by atoms with van der Waals surface area (Å²) in [5, 5.41) is 6.32. The van der Waals surface area contributed by atoms with Crippen molar-refractivity contribution >= 4 is 32.4 Å². The van der Waals surface area contributed by atoms with Crippen molar-refractivity contribution in [2.45, 2.75) is 6.92 Å². The maximum atomic E-state index is 5.43. The van der Waals surface area contributed by atoms with Crippen LogP contribution in [-0.4, -0.2) is 4.98 Å². The van der Waals surface area contributed by atoms with Gasteiger partial charge in [0.05, 0.1) is 11.2 Å². The molecule has 0 fully saturated rings. The molecule has 1 heterocycles. The molecule has 2 aliphatic rings. The highest BCUT2D eigenvalue weighted by Crippen LogP contribution is 2.59. The number of nitrogens with zero attached hydrogens (tertiary/aromatic N) is 1. The largest absolute Gasteiger partial charge is 0.248 e. The quantitative estimate of drug-likeness (QED) is 0.179. The fourth-order valence-corrected chi connectivity index (χ4v) is 9.62. The molecule has 254 valence electrons. The lowest BCUT2D eigenvalue weighted by Crippen LogP contribution is -1.93. The van der Waals surface area contributed by atoms with Crippen molar-refractivity contribution in [3.05, 3.63) is 188 Å².